The van der Waals surface area contributed by atoms with Crippen molar-refractivity contribution in [3.63, 3.8) is 0 Å². The molecule has 1 fully saturated rings. The van der Waals surface area contributed by atoms with Gasteiger partial charge >= 0.3 is 0 Å². The molecule has 1 saturated heterocycles. The molecule has 1 aliphatic heterocycles. The Hall–Kier alpha value is -1.88. The highest BCUT2D eigenvalue weighted by molar-refractivity contribution is 5.82. The van der Waals surface area contributed by atoms with Crippen molar-refractivity contribution in [3.05, 3.63) is 35.4 Å². The summed E-state index contributed by atoms with van der Waals surface area (Å²) in [6.45, 7) is 6.40. The fourth-order valence-corrected chi connectivity index (χ4v) is 2.84. The molecule has 0 spiro atoms. The number of piperazine rings is 1. The Morgan fingerprint density at radius 3 is 2.22 bits per heavy atom. The molecule has 23 heavy (non-hydrogen) atoms. The van der Waals surface area contributed by atoms with Crippen molar-refractivity contribution in [2.45, 2.75) is 39.2 Å². The lowest BCUT2D eigenvalue weighted by Gasteiger charge is -2.36. The maximum absolute atomic E-state index is 12.4. The SMILES string of the molecule is CCCC(N)C(=O)N1CCN(C(=O)Cc2ccc(C)cc2)CC1. The van der Waals surface area contributed by atoms with Gasteiger partial charge in [-0.3, -0.25) is 9.59 Å². The molecule has 1 atom stereocenters. The zero-order valence-corrected chi connectivity index (χ0v) is 14.1. The van der Waals surface area contributed by atoms with Gasteiger partial charge in [0.15, 0.2) is 0 Å². The molecular formula is C18H27N3O2. The predicted molar refractivity (Wildman–Crippen MR) is 90.9 cm³/mol. The van der Waals surface area contributed by atoms with Crippen molar-refractivity contribution < 1.29 is 9.59 Å². The maximum Gasteiger partial charge on any atom is 0.239 e. The van der Waals surface area contributed by atoms with Gasteiger partial charge in [0.2, 0.25) is 11.8 Å². The lowest BCUT2D eigenvalue weighted by Crippen LogP contribution is -2.54. The summed E-state index contributed by atoms with van der Waals surface area (Å²) in [5.41, 5.74) is 8.12. The van der Waals surface area contributed by atoms with Crippen molar-refractivity contribution in [1.29, 1.82) is 0 Å². The Kier molecular flexibility index (Phi) is 6.16. The molecule has 0 aliphatic carbocycles. The zero-order valence-electron chi connectivity index (χ0n) is 14.1. The summed E-state index contributed by atoms with van der Waals surface area (Å²) in [5, 5.41) is 0. The summed E-state index contributed by atoms with van der Waals surface area (Å²) in [6.07, 6.45) is 2.04. The molecule has 1 unspecified atom stereocenters. The van der Waals surface area contributed by atoms with Crippen LogP contribution in [-0.2, 0) is 16.0 Å². The quantitative estimate of drug-likeness (QED) is 0.891. The lowest BCUT2D eigenvalue weighted by atomic mass is 10.1. The minimum Gasteiger partial charge on any atom is -0.339 e. The Morgan fingerprint density at radius 2 is 1.65 bits per heavy atom. The molecule has 1 aromatic rings. The van der Waals surface area contributed by atoms with Crippen molar-refractivity contribution in [2.75, 3.05) is 26.2 Å². The zero-order chi connectivity index (χ0) is 16.8. The van der Waals surface area contributed by atoms with E-state index in [4.69, 9.17) is 5.73 Å². The predicted octanol–water partition coefficient (Wildman–Crippen LogP) is 1.34. The normalized spacial score (nSPS) is 16.3. The number of hydrogen-bond donors (Lipinski definition) is 1. The summed E-state index contributed by atoms with van der Waals surface area (Å²) in [7, 11) is 0. The van der Waals surface area contributed by atoms with Crippen LogP contribution in [0, 0.1) is 6.92 Å². The monoisotopic (exact) mass is 317 g/mol. The number of rotatable bonds is 5. The molecule has 2 amide bonds. The van der Waals surface area contributed by atoms with E-state index in [-0.39, 0.29) is 11.8 Å². The topological polar surface area (TPSA) is 66.6 Å². The van der Waals surface area contributed by atoms with E-state index in [9.17, 15) is 9.59 Å². The summed E-state index contributed by atoms with van der Waals surface area (Å²) >= 11 is 0. The summed E-state index contributed by atoms with van der Waals surface area (Å²) < 4.78 is 0. The van der Waals surface area contributed by atoms with Crippen LogP contribution in [0.2, 0.25) is 0 Å². The minimum absolute atomic E-state index is 0.0116. The number of hydrogen-bond acceptors (Lipinski definition) is 3. The van der Waals surface area contributed by atoms with E-state index in [1.807, 2.05) is 43.0 Å². The highest BCUT2D eigenvalue weighted by Gasteiger charge is 2.26. The van der Waals surface area contributed by atoms with E-state index in [1.54, 1.807) is 4.90 Å². The first-order chi connectivity index (χ1) is 11.0. The number of benzene rings is 1. The summed E-state index contributed by atoms with van der Waals surface area (Å²) in [6, 6.07) is 7.63. The largest absolute Gasteiger partial charge is 0.339 e. The molecule has 1 aliphatic rings. The molecule has 2 rings (SSSR count). The highest BCUT2D eigenvalue weighted by Crippen LogP contribution is 2.10. The average Bonchev–Trinajstić information content (AvgIpc) is 2.56. The number of carbonyl (C=O) groups excluding carboxylic acids is 2. The minimum atomic E-state index is -0.408. The van der Waals surface area contributed by atoms with Crippen LogP contribution in [0.15, 0.2) is 24.3 Å². The van der Waals surface area contributed by atoms with Crippen molar-refractivity contribution in [1.82, 2.24) is 9.80 Å². The van der Waals surface area contributed by atoms with Crippen LogP contribution >= 0.6 is 0 Å². The summed E-state index contributed by atoms with van der Waals surface area (Å²) in [5.74, 6) is 0.135. The molecule has 5 nitrogen and oxygen atoms in total. The fourth-order valence-electron chi connectivity index (χ4n) is 2.84. The number of nitrogens with zero attached hydrogens (tertiary/aromatic N) is 2. The first-order valence-corrected chi connectivity index (χ1v) is 8.39. The standard InChI is InChI=1S/C18H27N3O2/c1-3-4-16(19)18(23)21-11-9-20(10-12-21)17(22)13-15-7-5-14(2)6-8-15/h5-8,16H,3-4,9-13,19H2,1-2H3. The van der Waals surface area contributed by atoms with Gasteiger partial charge in [-0.05, 0) is 18.9 Å². The number of nitrogens with two attached hydrogens (primary N) is 1. The van der Waals surface area contributed by atoms with Gasteiger partial charge < -0.3 is 15.5 Å². The Balaban J connectivity index is 1.82. The van der Waals surface area contributed by atoms with E-state index in [0.29, 0.717) is 39.0 Å². The molecule has 1 heterocycles. The van der Waals surface area contributed by atoms with Crippen LogP contribution in [-0.4, -0.2) is 53.8 Å². The number of amides is 2. The van der Waals surface area contributed by atoms with Gasteiger partial charge in [0.05, 0.1) is 12.5 Å². The molecule has 0 saturated carbocycles. The average molecular weight is 317 g/mol. The second-order valence-electron chi connectivity index (χ2n) is 6.26. The first-order valence-electron chi connectivity index (χ1n) is 8.39. The van der Waals surface area contributed by atoms with Crippen LogP contribution in [0.1, 0.15) is 30.9 Å². The van der Waals surface area contributed by atoms with Crippen molar-refractivity contribution in [3.8, 4) is 0 Å². The van der Waals surface area contributed by atoms with Crippen molar-refractivity contribution in [2.24, 2.45) is 5.73 Å². The third-order valence-corrected chi connectivity index (χ3v) is 4.34. The van der Waals surface area contributed by atoms with Crippen LogP contribution in [0.4, 0.5) is 0 Å². The molecule has 5 heteroatoms. The van der Waals surface area contributed by atoms with Gasteiger partial charge in [0.1, 0.15) is 0 Å². The molecule has 0 radical (unpaired) electrons. The lowest BCUT2D eigenvalue weighted by molar-refractivity contribution is -0.140. The Bertz CT molecular complexity index is 534. The van der Waals surface area contributed by atoms with E-state index in [2.05, 4.69) is 0 Å². The van der Waals surface area contributed by atoms with Gasteiger partial charge in [-0.25, -0.2) is 0 Å². The highest BCUT2D eigenvalue weighted by atomic mass is 16.2. The van der Waals surface area contributed by atoms with Gasteiger partial charge in [0.25, 0.3) is 0 Å². The van der Waals surface area contributed by atoms with E-state index >= 15 is 0 Å². The van der Waals surface area contributed by atoms with E-state index < -0.39 is 6.04 Å². The first kappa shape index (κ1) is 17.5. The molecule has 1 aromatic carbocycles. The fraction of sp³-hybridized carbons (Fsp3) is 0.556. The smallest absolute Gasteiger partial charge is 0.239 e. The molecule has 0 bridgehead atoms. The Labute approximate surface area is 138 Å². The Morgan fingerprint density at radius 1 is 1.09 bits per heavy atom. The third-order valence-electron chi connectivity index (χ3n) is 4.34. The van der Waals surface area contributed by atoms with E-state index in [0.717, 1.165) is 12.0 Å². The number of aryl methyl sites for hydroxylation is 1. The molecule has 0 aromatic heterocycles. The third kappa shape index (κ3) is 4.79. The molecule has 2 N–H and O–H groups in total. The van der Waals surface area contributed by atoms with E-state index in [1.165, 1.54) is 5.56 Å². The van der Waals surface area contributed by atoms with Crippen LogP contribution < -0.4 is 5.73 Å². The van der Waals surface area contributed by atoms with Crippen LogP contribution in [0.5, 0.6) is 0 Å². The van der Waals surface area contributed by atoms with Crippen LogP contribution in [0.3, 0.4) is 0 Å². The van der Waals surface area contributed by atoms with Crippen LogP contribution in [0.25, 0.3) is 0 Å². The molecule has 126 valence electrons. The van der Waals surface area contributed by atoms with Gasteiger partial charge in [-0.2, -0.15) is 0 Å². The van der Waals surface area contributed by atoms with Gasteiger partial charge in [-0.1, -0.05) is 43.2 Å². The number of carbonyl (C=O) groups is 2. The second kappa shape index (κ2) is 8.11. The second-order valence-corrected chi connectivity index (χ2v) is 6.26. The summed E-state index contributed by atoms with van der Waals surface area (Å²) in [4.78, 5) is 28.2. The van der Waals surface area contributed by atoms with Gasteiger partial charge in [0, 0.05) is 26.2 Å². The maximum atomic E-state index is 12.4. The van der Waals surface area contributed by atoms with Crippen molar-refractivity contribution >= 4 is 11.8 Å². The van der Waals surface area contributed by atoms with Gasteiger partial charge in [-0.15, -0.1) is 0 Å². The molecular weight excluding hydrogens is 290 g/mol.